The molecule has 5 aliphatic rings. The topological polar surface area (TPSA) is 138 Å². The summed E-state index contributed by atoms with van der Waals surface area (Å²) in [6.45, 7) is 15.7. The maximum absolute atomic E-state index is 14.0. The lowest BCUT2D eigenvalue weighted by atomic mass is 10.0. The van der Waals surface area contributed by atoms with Crippen LogP contribution in [0.25, 0.3) is 0 Å². The van der Waals surface area contributed by atoms with Crippen LogP contribution >= 0.6 is 0 Å². The van der Waals surface area contributed by atoms with E-state index in [0.717, 1.165) is 64.0 Å². The van der Waals surface area contributed by atoms with Gasteiger partial charge in [-0.3, -0.25) is 9.59 Å². The highest BCUT2D eigenvalue weighted by Crippen LogP contribution is 2.44. The molecule has 4 aromatic carbocycles. The molecule has 0 aliphatic carbocycles. The maximum Gasteiger partial charge on any atom is 0.416 e. The molecule has 5 atom stereocenters. The van der Waals surface area contributed by atoms with Crippen molar-refractivity contribution in [1.29, 1.82) is 0 Å². The zero-order chi connectivity index (χ0) is 43.8. The zero-order valence-corrected chi connectivity index (χ0v) is 35.5. The van der Waals surface area contributed by atoms with Gasteiger partial charge < -0.3 is 33.9 Å². The van der Waals surface area contributed by atoms with Gasteiger partial charge in [0.2, 0.25) is 0 Å². The highest BCUT2D eigenvalue weighted by Gasteiger charge is 2.50. The molecule has 13 heteroatoms. The van der Waals surface area contributed by atoms with Gasteiger partial charge in [0.05, 0.1) is 34.6 Å². The molecule has 1 fully saturated rings. The third kappa shape index (κ3) is 7.65. The third-order valence-corrected chi connectivity index (χ3v) is 12.3. The van der Waals surface area contributed by atoms with E-state index in [4.69, 9.17) is 18.9 Å². The number of carbonyl (C=O) groups is 4. The Bertz CT molecular complexity index is 2440. The number of fused-ring (bicyclic) bond motifs is 8. The Kier molecular flexibility index (Phi) is 12.0. The highest BCUT2D eigenvalue weighted by molar-refractivity contribution is 6.15. The van der Waals surface area contributed by atoms with Crippen molar-refractivity contribution in [3.05, 3.63) is 143 Å². The minimum atomic E-state index is -1.24. The summed E-state index contributed by atoms with van der Waals surface area (Å²) in [7, 11) is 0. The molecular formula is C49H52N4O9. The largest absolute Gasteiger partial charge is 0.445 e. The van der Waals surface area contributed by atoms with Gasteiger partial charge in [-0.15, -0.1) is 0 Å². The Hall–Kier alpha value is -6.28. The first-order valence-corrected chi connectivity index (χ1v) is 21.1. The summed E-state index contributed by atoms with van der Waals surface area (Å²) in [5, 5.41) is 11.2. The molecule has 0 aromatic heterocycles. The number of aryl methyl sites for hydroxylation is 4. The molecule has 5 heterocycles. The van der Waals surface area contributed by atoms with Gasteiger partial charge in [-0.1, -0.05) is 61.7 Å². The van der Waals surface area contributed by atoms with E-state index in [1.54, 1.807) is 21.9 Å². The van der Waals surface area contributed by atoms with E-state index >= 15 is 0 Å². The summed E-state index contributed by atoms with van der Waals surface area (Å²) in [6.07, 6.45) is 2.97. The normalized spacial score (nSPS) is 22.0. The monoisotopic (exact) mass is 840 g/mol. The van der Waals surface area contributed by atoms with Crippen LogP contribution in [0, 0.1) is 27.7 Å². The fourth-order valence-corrected chi connectivity index (χ4v) is 8.97. The Morgan fingerprint density at radius 2 is 1.18 bits per heavy atom. The third-order valence-electron chi connectivity index (χ3n) is 12.3. The second kappa shape index (κ2) is 17.6. The van der Waals surface area contributed by atoms with Crippen LogP contribution in [-0.2, 0) is 31.8 Å². The van der Waals surface area contributed by atoms with Gasteiger partial charge in [-0.05, 0) is 130 Å². The van der Waals surface area contributed by atoms with E-state index in [0.29, 0.717) is 42.0 Å². The number of hydrogen-bond donors (Lipinski definition) is 1. The molecule has 0 bridgehead atoms. The van der Waals surface area contributed by atoms with E-state index in [2.05, 4.69) is 13.2 Å². The van der Waals surface area contributed by atoms with E-state index in [1.165, 1.54) is 22.0 Å². The molecule has 9 rings (SSSR count). The van der Waals surface area contributed by atoms with Crippen LogP contribution in [0.4, 0.5) is 32.3 Å². The smallest absolute Gasteiger partial charge is 0.416 e. The Labute approximate surface area is 361 Å². The number of hydrogen-bond acceptors (Lipinski definition) is 9. The van der Waals surface area contributed by atoms with E-state index in [-0.39, 0.29) is 25.0 Å². The van der Waals surface area contributed by atoms with Crippen LogP contribution in [0.15, 0.2) is 98.1 Å². The molecular weight excluding hydrogens is 789 g/mol. The number of para-hydroxylation sites is 2. The van der Waals surface area contributed by atoms with E-state index in [1.807, 2.05) is 88.4 Å². The van der Waals surface area contributed by atoms with Gasteiger partial charge >= 0.3 is 12.2 Å². The van der Waals surface area contributed by atoms with Gasteiger partial charge in [0.25, 0.3) is 11.8 Å². The molecule has 62 heavy (non-hydrogen) atoms. The van der Waals surface area contributed by atoms with Crippen molar-refractivity contribution in [1.82, 2.24) is 0 Å². The lowest BCUT2D eigenvalue weighted by molar-refractivity contribution is -0.190. The lowest BCUT2D eigenvalue weighted by Crippen LogP contribution is -2.55. The summed E-state index contributed by atoms with van der Waals surface area (Å²) in [6, 6.07) is 21.7. The molecule has 5 aliphatic heterocycles. The Morgan fingerprint density at radius 3 is 1.71 bits per heavy atom. The minimum absolute atomic E-state index is 0.0186. The first kappa shape index (κ1) is 42.4. The van der Waals surface area contributed by atoms with E-state index < -0.39 is 43.0 Å². The first-order chi connectivity index (χ1) is 29.9. The molecule has 3 unspecified atom stereocenters. The summed E-state index contributed by atoms with van der Waals surface area (Å²) >= 11 is 0. The predicted molar refractivity (Wildman–Crippen MR) is 236 cm³/mol. The molecule has 0 spiro atoms. The van der Waals surface area contributed by atoms with Crippen molar-refractivity contribution in [2.75, 3.05) is 39.4 Å². The quantitative estimate of drug-likeness (QED) is 0.190. The van der Waals surface area contributed by atoms with Crippen LogP contribution in [0.2, 0.25) is 0 Å². The number of aliphatic hydroxyl groups excluding tert-OH is 1. The van der Waals surface area contributed by atoms with E-state index in [9.17, 15) is 24.3 Å². The van der Waals surface area contributed by atoms with Crippen LogP contribution in [0.5, 0.6) is 0 Å². The average Bonchev–Trinajstić information content (AvgIpc) is 3.82. The van der Waals surface area contributed by atoms with Crippen LogP contribution in [0.3, 0.4) is 0 Å². The van der Waals surface area contributed by atoms with Crippen molar-refractivity contribution >= 4 is 46.8 Å². The molecule has 0 saturated carbocycles. The molecule has 0 radical (unpaired) electrons. The second-order valence-electron chi connectivity index (χ2n) is 16.3. The molecule has 322 valence electrons. The zero-order valence-electron chi connectivity index (χ0n) is 35.5. The molecule has 13 nitrogen and oxygen atoms in total. The maximum atomic E-state index is 14.0. The van der Waals surface area contributed by atoms with Gasteiger partial charge in [-0.25, -0.2) is 19.4 Å². The van der Waals surface area contributed by atoms with Gasteiger partial charge in [0, 0.05) is 18.0 Å². The van der Waals surface area contributed by atoms with Gasteiger partial charge in [0.1, 0.15) is 13.2 Å². The number of anilines is 4. The number of nitrogens with zero attached hydrogens (tertiary/aromatic N) is 4. The second-order valence-corrected chi connectivity index (χ2v) is 16.3. The number of ether oxygens (including phenoxy) is 4. The fraction of sp³-hybridized carbons (Fsp3) is 0.347. The van der Waals surface area contributed by atoms with Crippen molar-refractivity contribution in [3.8, 4) is 0 Å². The Balaban J connectivity index is 0.000000174. The summed E-state index contributed by atoms with van der Waals surface area (Å²) < 4.78 is 23.2. The number of rotatable bonds is 6. The van der Waals surface area contributed by atoms with Gasteiger partial charge in [-0.2, -0.15) is 0 Å². The van der Waals surface area contributed by atoms with Crippen molar-refractivity contribution < 1.29 is 43.2 Å². The summed E-state index contributed by atoms with van der Waals surface area (Å²) in [5.74, 6) is -0.378. The van der Waals surface area contributed by atoms with Gasteiger partial charge in [0.15, 0.2) is 18.7 Å². The van der Waals surface area contributed by atoms with Crippen LogP contribution < -0.4 is 19.6 Å². The van der Waals surface area contributed by atoms with Crippen LogP contribution in [-0.4, -0.2) is 79.8 Å². The molecule has 4 aromatic rings. The lowest BCUT2D eigenvalue weighted by Gasteiger charge is -2.38. The van der Waals surface area contributed by atoms with Crippen molar-refractivity contribution in [2.45, 2.75) is 90.6 Å². The predicted octanol–water partition coefficient (Wildman–Crippen LogP) is 8.22. The fourth-order valence-electron chi connectivity index (χ4n) is 8.97. The Morgan fingerprint density at radius 1 is 0.694 bits per heavy atom. The SMILES string of the molecule is C=CCOC(=O)N1c2cc(C)c(C)cc2C(=O)N2c3ccccc3C[C@H]2C1O.C=CCOC(=O)N1c2cc(C)c(C)cc2C(=O)N2c3ccccc3C[C@H]2C1OC1CCCCO1. The van der Waals surface area contributed by atoms with Crippen molar-refractivity contribution in [3.63, 3.8) is 0 Å². The highest BCUT2D eigenvalue weighted by atomic mass is 16.7. The minimum Gasteiger partial charge on any atom is -0.445 e. The number of amides is 4. The number of aliphatic hydroxyl groups is 1. The summed E-state index contributed by atoms with van der Waals surface area (Å²) in [5.41, 5.74) is 9.12. The molecule has 4 amide bonds. The number of benzene rings is 4. The summed E-state index contributed by atoms with van der Waals surface area (Å²) in [4.78, 5) is 59.9. The molecule has 1 saturated heterocycles. The number of carbonyl (C=O) groups excluding carboxylic acids is 4. The average molecular weight is 841 g/mol. The first-order valence-electron chi connectivity index (χ1n) is 21.1. The standard InChI is InChI=1S/C27H30N2O5.C22H22N2O4/c1-4-12-33-27(31)29-22-15-18(3)17(2)14-20(22)25(30)28-21-10-6-5-9-19(21)16-23(28)26(29)34-24-11-7-8-13-32-24;1-4-9-28-22(27)24-18-11-14(3)13(2)10-16(18)20(25)23-17-8-6-5-7-15(17)12-19(23)21(24)26/h4-6,9-10,14-15,23-24,26H,1,7-8,11-13,16H2,2-3H3;4-8,10-11,19,21,26H,1,9,12H2,2-3H3/t23-,24?,26?;19-,21?/m00/s1. The van der Waals surface area contributed by atoms with Crippen molar-refractivity contribution in [2.24, 2.45) is 0 Å². The van der Waals surface area contributed by atoms with Crippen LogP contribution in [0.1, 0.15) is 73.4 Å². The molecule has 1 N–H and O–H groups in total.